The summed E-state index contributed by atoms with van der Waals surface area (Å²) < 4.78 is 0. The third-order valence-corrected chi connectivity index (χ3v) is 3.80. The summed E-state index contributed by atoms with van der Waals surface area (Å²) in [7, 11) is 0. The van der Waals surface area contributed by atoms with Gasteiger partial charge in [-0.1, -0.05) is 32.4 Å². The first-order chi connectivity index (χ1) is 6.30. The fraction of sp³-hybridized carbons (Fsp3) is 0.750. The number of hydrogen-bond acceptors (Lipinski definition) is 2. The Kier molecular flexibility index (Phi) is 2.51. The predicted molar refractivity (Wildman–Crippen MR) is 54.4 cm³/mol. The standard InChI is InChI=1S/C12H20O2/c1-6-12(10(13)14)9(7-8(2)3)11(12,4)5/h7,9H,6H2,1-5H3,(H,13,14)/p-1. The Balaban J connectivity index is 3.03. The van der Waals surface area contributed by atoms with Crippen molar-refractivity contribution >= 4 is 5.97 Å². The molecule has 1 aliphatic rings. The molecule has 2 nitrogen and oxygen atoms in total. The van der Waals surface area contributed by atoms with E-state index in [-0.39, 0.29) is 11.3 Å². The second-order valence-corrected chi connectivity index (χ2v) is 5.06. The van der Waals surface area contributed by atoms with Gasteiger partial charge in [-0.05, 0) is 31.6 Å². The van der Waals surface area contributed by atoms with Gasteiger partial charge in [0.25, 0.3) is 0 Å². The average Bonchev–Trinajstić information content (AvgIpc) is 2.48. The first-order valence-corrected chi connectivity index (χ1v) is 5.17. The molecule has 2 unspecified atom stereocenters. The summed E-state index contributed by atoms with van der Waals surface area (Å²) in [5.41, 5.74) is 0.391. The summed E-state index contributed by atoms with van der Waals surface area (Å²) in [6.45, 7) is 9.96. The highest BCUT2D eigenvalue weighted by atomic mass is 16.4. The predicted octanol–water partition coefficient (Wildman–Crippen LogP) is 1.75. The van der Waals surface area contributed by atoms with Crippen LogP contribution in [0.2, 0.25) is 0 Å². The van der Waals surface area contributed by atoms with Gasteiger partial charge in [-0.25, -0.2) is 0 Å². The fourth-order valence-electron chi connectivity index (χ4n) is 2.79. The van der Waals surface area contributed by atoms with Crippen LogP contribution in [0.15, 0.2) is 11.6 Å². The first-order valence-electron chi connectivity index (χ1n) is 5.17. The van der Waals surface area contributed by atoms with Crippen LogP contribution < -0.4 is 5.11 Å². The zero-order valence-electron chi connectivity index (χ0n) is 9.68. The van der Waals surface area contributed by atoms with Crippen molar-refractivity contribution in [1.29, 1.82) is 0 Å². The van der Waals surface area contributed by atoms with E-state index in [2.05, 4.69) is 6.08 Å². The fourth-order valence-corrected chi connectivity index (χ4v) is 2.79. The summed E-state index contributed by atoms with van der Waals surface area (Å²) >= 11 is 0. The van der Waals surface area contributed by atoms with E-state index in [1.54, 1.807) is 0 Å². The van der Waals surface area contributed by atoms with E-state index in [1.165, 1.54) is 5.57 Å². The number of hydrogen-bond donors (Lipinski definition) is 0. The molecule has 0 spiro atoms. The third kappa shape index (κ3) is 1.20. The summed E-state index contributed by atoms with van der Waals surface area (Å²) in [5.74, 6) is -0.762. The highest BCUT2D eigenvalue weighted by Crippen LogP contribution is 2.71. The number of carboxylic acid groups (broad SMARTS) is 1. The number of aliphatic carboxylic acids is 1. The van der Waals surface area contributed by atoms with Crippen molar-refractivity contribution in [1.82, 2.24) is 0 Å². The van der Waals surface area contributed by atoms with Gasteiger partial charge in [0.2, 0.25) is 0 Å². The molecule has 2 atom stereocenters. The topological polar surface area (TPSA) is 40.1 Å². The van der Waals surface area contributed by atoms with E-state index in [1.807, 2.05) is 34.6 Å². The first kappa shape index (κ1) is 11.3. The lowest BCUT2D eigenvalue weighted by Crippen LogP contribution is -2.35. The SMILES string of the molecule is CCC1(C(=O)[O-])C(C=C(C)C)C1(C)C. The molecule has 0 aliphatic heterocycles. The molecule has 1 fully saturated rings. The Hall–Kier alpha value is -0.790. The Morgan fingerprint density at radius 2 is 1.93 bits per heavy atom. The molecule has 1 rings (SSSR count). The maximum atomic E-state index is 11.2. The highest BCUT2D eigenvalue weighted by Gasteiger charge is 2.69. The maximum Gasteiger partial charge on any atom is 0.0487 e. The highest BCUT2D eigenvalue weighted by molar-refractivity contribution is 5.79. The minimum absolute atomic E-state index is 0.134. The zero-order valence-corrected chi connectivity index (χ0v) is 9.68. The molecular weight excluding hydrogens is 176 g/mol. The lowest BCUT2D eigenvalue weighted by atomic mass is 9.93. The van der Waals surface area contributed by atoms with Gasteiger partial charge < -0.3 is 9.90 Å². The van der Waals surface area contributed by atoms with Gasteiger partial charge in [-0.2, -0.15) is 0 Å². The van der Waals surface area contributed by atoms with E-state index >= 15 is 0 Å². The van der Waals surface area contributed by atoms with Crippen LogP contribution in [0.5, 0.6) is 0 Å². The van der Waals surface area contributed by atoms with Crippen LogP contribution in [-0.4, -0.2) is 5.97 Å². The molecule has 0 saturated heterocycles. The maximum absolute atomic E-state index is 11.2. The number of carbonyl (C=O) groups excluding carboxylic acids is 1. The van der Waals surface area contributed by atoms with E-state index in [9.17, 15) is 9.90 Å². The van der Waals surface area contributed by atoms with Gasteiger partial charge in [0.15, 0.2) is 0 Å². The summed E-state index contributed by atoms with van der Waals surface area (Å²) in [6.07, 6.45) is 2.72. The van der Waals surface area contributed by atoms with Gasteiger partial charge >= 0.3 is 0 Å². The quantitative estimate of drug-likeness (QED) is 0.644. The van der Waals surface area contributed by atoms with Crippen molar-refractivity contribution in [3.05, 3.63) is 11.6 Å². The monoisotopic (exact) mass is 195 g/mol. The lowest BCUT2D eigenvalue weighted by Gasteiger charge is -2.19. The van der Waals surface area contributed by atoms with Crippen molar-refractivity contribution in [2.75, 3.05) is 0 Å². The van der Waals surface area contributed by atoms with E-state index in [0.29, 0.717) is 6.42 Å². The Labute approximate surface area is 86.0 Å². The molecule has 80 valence electrons. The van der Waals surface area contributed by atoms with E-state index in [4.69, 9.17) is 0 Å². The van der Waals surface area contributed by atoms with Gasteiger partial charge in [0, 0.05) is 11.4 Å². The van der Waals surface area contributed by atoms with Crippen molar-refractivity contribution in [3.8, 4) is 0 Å². The van der Waals surface area contributed by atoms with Crippen molar-refractivity contribution < 1.29 is 9.90 Å². The molecule has 1 saturated carbocycles. The smallest absolute Gasteiger partial charge is 0.0487 e. The number of carbonyl (C=O) groups is 1. The third-order valence-electron chi connectivity index (χ3n) is 3.80. The molecule has 14 heavy (non-hydrogen) atoms. The molecule has 0 radical (unpaired) electrons. The van der Waals surface area contributed by atoms with Crippen LogP contribution in [0.3, 0.4) is 0 Å². The van der Waals surface area contributed by atoms with Crippen molar-refractivity contribution in [2.45, 2.75) is 41.0 Å². The molecule has 0 amide bonds. The molecule has 0 bridgehead atoms. The van der Waals surface area contributed by atoms with Crippen LogP contribution in [0.1, 0.15) is 41.0 Å². The minimum atomic E-state index is -0.896. The van der Waals surface area contributed by atoms with E-state index < -0.39 is 11.4 Å². The van der Waals surface area contributed by atoms with Crippen molar-refractivity contribution in [2.24, 2.45) is 16.7 Å². The second-order valence-electron chi connectivity index (χ2n) is 5.06. The van der Waals surface area contributed by atoms with Crippen molar-refractivity contribution in [3.63, 3.8) is 0 Å². The van der Waals surface area contributed by atoms with Gasteiger partial charge in [-0.3, -0.25) is 0 Å². The van der Waals surface area contributed by atoms with Crippen LogP contribution in [0, 0.1) is 16.7 Å². The van der Waals surface area contributed by atoms with Crippen LogP contribution in [0.25, 0.3) is 0 Å². The van der Waals surface area contributed by atoms with Crippen LogP contribution in [0.4, 0.5) is 0 Å². The minimum Gasteiger partial charge on any atom is -0.550 e. The van der Waals surface area contributed by atoms with Crippen LogP contribution >= 0.6 is 0 Å². The number of allylic oxidation sites excluding steroid dienone is 2. The molecule has 1 aliphatic carbocycles. The van der Waals surface area contributed by atoms with Crippen LogP contribution in [-0.2, 0) is 4.79 Å². The molecule has 0 aromatic carbocycles. The zero-order chi connectivity index (χ0) is 11.1. The van der Waals surface area contributed by atoms with Gasteiger partial charge in [-0.15, -0.1) is 0 Å². The van der Waals surface area contributed by atoms with Gasteiger partial charge in [0.05, 0.1) is 0 Å². The molecule has 0 N–H and O–H groups in total. The lowest BCUT2D eigenvalue weighted by molar-refractivity contribution is -0.315. The number of rotatable bonds is 3. The summed E-state index contributed by atoms with van der Waals surface area (Å²) in [6, 6.07) is 0. The number of carboxylic acids is 1. The van der Waals surface area contributed by atoms with Gasteiger partial charge in [0.1, 0.15) is 0 Å². The average molecular weight is 195 g/mol. The van der Waals surface area contributed by atoms with E-state index in [0.717, 1.165) is 0 Å². The Bertz CT molecular complexity index is 285. The molecule has 2 heteroatoms. The Morgan fingerprint density at radius 3 is 2.14 bits per heavy atom. The Morgan fingerprint density at radius 1 is 1.43 bits per heavy atom. The molecule has 0 aromatic heterocycles. The molecule has 0 heterocycles. The second kappa shape index (κ2) is 3.11. The largest absolute Gasteiger partial charge is 0.550 e. The summed E-state index contributed by atoms with van der Waals surface area (Å²) in [5, 5.41) is 11.2. The normalized spacial score (nSPS) is 33.6. The summed E-state index contributed by atoms with van der Waals surface area (Å²) in [4.78, 5) is 11.2. The molecular formula is C12H19O2-. The molecule has 0 aromatic rings.